The van der Waals surface area contributed by atoms with Gasteiger partial charge in [-0.25, -0.2) is 0 Å². The van der Waals surface area contributed by atoms with Crippen LogP contribution in [-0.4, -0.2) is 65.7 Å². The minimum Gasteiger partial charge on any atom is -0.493 e. The summed E-state index contributed by atoms with van der Waals surface area (Å²) in [5, 5.41) is 2.15. The number of aromatic nitrogens is 1. The van der Waals surface area contributed by atoms with Crippen molar-refractivity contribution in [2.75, 3.05) is 60.8 Å². The van der Waals surface area contributed by atoms with E-state index in [1.807, 2.05) is 6.07 Å². The molecule has 7 heteroatoms. The highest BCUT2D eigenvalue weighted by Crippen LogP contribution is 2.40. The molecule has 0 amide bonds. The van der Waals surface area contributed by atoms with Gasteiger partial charge in [-0.2, -0.15) is 4.57 Å². The molecule has 0 N–H and O–H groups in total. The first-order valence-corrected chi connectivity index (χ1v) is 11.4. The highest BCUT2D eigenvalue weighted by Gasteiger charge is 2.27. The summed E-state index contributed by atoms with van der Waals surface area (Å²) in [6.45, 7) is 5.87. The van der Waals surface area contributed by atoms with E-state index in [0.717, 1.165) is 85.3 Å². The van der Waals surface area contributed by atoms with E-state index in [4.69, 9.17) is 23.7 Å². The number of benzene rings is 2. The molecule has 1 aromatic heterocycles. The predicted octanol–water partition coefficient (Wildman–Crippen LogP) is 3.09. The van der Waals surface area contributed by atoms with Gasteiger partial charge in [0.15, 0.2) is 35.7 Å². The molecule has 3 aromatic rings. The largest absolute Gasteiger partial charge is 0.493 e. The Morgan fingerprint density at radius 1 is 0.939 bits per heavy atom. The second-order valence-electron chi connectivity index (χ2n) is 8.37. The lowest BCUT2D eigenvalue weighted by Gasteiger charge is -2.26. The Labute approximate surface area is 194 Å². The third-order valence-corrected chi connectivity index (χ3v) is 6.56. The van der Waals surface area contributed by atoms with Crippen LogP contribution in [0.3, 0.4) is 0 Å². The number of hydrogen-bond donors (Lipinski definition) is 0. The molecule has 33 heavy (non-hydrogen) atoms. The van der Waals surface area contributed by atoms with Gasteiger partial charge in [0.25, 0.3) is 0 Å². The summed E-state index contributed by atoms with van der Waals surface area (Å²) in [6, 6.07) is 10.5. The van der Waals surface area contributed by atoms with Gasteiger partial charge in [-0.05, 0) is 35.2 Å². The van der Waals surface area contributed by atoms with E-state index >= 15 is 0 Å². The van der Waals surface area contributed by atoms with E-state index < -0.39 is 0 Å². The molecule has 1 saturated heterocycles. The molecule has 2 aliphatic rings. The minimum atomic E-state index is 0.615. The van der Waals surface area contributed by atoms with Crippen molar-refractivity contribution in [1.82, 2.24) is 4.90 Å². The molecule has 3 heterocycles. The Balaban J connectivity index is 1.48. The van der Waals surface area contributed by atoms with Crippen molar-refractivity contribution in [2.45, 2.75) is 13.0 Å². The molecular weight excluding hydrogens is 420 g/mol. The monoisotopic (exact) mass is 451 g/mol. The Hall–Kier alpha value is -3.03. The number of morpholine rings is 1. The molecule has 5 rings (SSSR count). The zero-order valence-electron chi connectivity index (χ0n) is 19.6. The van der Waals surface area contributed by atoms with Crippen LogP contribution in [0.15, 0.2) is 36.5 Å². The first kappa shape index (κ1) is 21.8. The van der Waals surface area contributed by atoms with Crippen molar-refractivity contribution in [2.24, 2.45) is 0 Å². The number of pyridine rings is 1. The van der Waals surface area contributed by atoms with E-state index in [2.05, 4.69) is 39.9 Å². The van der Waals surface area contributed by atoms with Crippen molar-refractivity contribution in [1.29, 1.82) is 0 Å². The maximum absolute atomic E-state index is 6.21. The van der Waals surface area contributed by atoms with Gasteiger partial charge in [-0.1, -0.05) is 0 Å². The molecule has 0 saturated carbocycles. The molecule has 0 radical (unpaired) electrons. The predicted molar refractivity (Wildman–Crippen MR) is 126 cm³/mol. The molecule has 2 aliphatic heterocycles. The maximum atomic E-state index is 6.21. The van der Waals surface area contributed by atoms with Gasteiger partial charge in [0.05, 0.1) is 45.5 Å². The van der Waals surface area contributed by atoms with Crippen molar-refractivity contribution < 1.29 is 28.3 Å². The Bertz CT molecular complexity index is 1160. The molecule has 0 atom stereocenters. The van der Waals surface area contributed by atoms with Crippen LogP contribution in [0.1, 0.15) is 5.56 Å². The zero-order chi connectivity index (χ0) is 22.8. The third kappa shape index (κ3) is 4.18. The number of hydrogen-bond acceptors (Lipinski definition) is 6. The van der Waals surface area contributed by atoms with Gasteiger partial charge in [0.1, 0.15) is 6.61 Å². The molecule has 2 aromatic carbocycles. The van der Waals surface area contributed by atoms with Gasteiger partial charge in [-0.3, -0.25) is 4.90 Å². The average Bonchev–Trinajstić information content (AvgIpc) is 2.87. The van der Waals surface area contributed by atoms with Crippen molar-refractivity contribution in [3.63, 3.8) is 0 Å². The van der Waals surface area contributed by atoms with Crippen LogP contribution in [0.5, 0.6) is 23.0 Å². The van der Waals surface area contributed by atoms with Gasteiger partial charge in [0, 0.05) is 32.1 Å². The smallest absolute Gasteiger partial charge is 0.213 e. The molecule has 7 nitrogen and oxygen atoms in total. The van der Waals surface area contributed by atoms with Gasteiger partial charge in [0.2, 0.25) is 5.69 Å². The number of fused-ring (bicyclic) bond motifs is 4. The van der Waals surface area contributed by atoms with Crippen molar-refractivity contribution in [3.8, 4) is 34.3 Å². The van der Waals surface area contributed by atoms with Crippen LogP contribution >= 0.6 is 0 Å². The first-order valence-electron chi connectivity index (χ1n) is 11.4. The Kier molecular flexibility index (Phi) is 6.24. The standard InChI is InChI=1S/C26H31N2O5/c1-29-23-5-4-18-14-22-20-16-25(33-13-10-27-8-11-32-12-9-27)24(30-2)15-19(20)6-7-28(22)17-21(18)26(23)31-3/h4-5,14-17H,6-13H2,1-3H3/q+1. The topological polar surface area (TPSA) is 53.3 Å². The molecular formula is C26H31N2O5+. The normalized spacial score (nSPS) is 15.6. The summed E-state index contributed by atoms with van der Waals surface area (Å²) >= 11 is 0. The second kappa shape index (κ2) is 9.45. The van der Waals surface area contributed by atoms with Gasteiger partial charge in [-0.15, -0.1) is 0 Å². The summed E-state index contributed by atoms with van der Waals surface area (Å²) in [4.78, 5) is 2.37. The Morgan fingerprint density at radius 2 is 1.76 bits per heavy atom. The third-order valence-electron chi connectivity index (χ3n) is 6.56. The zero-order valence-corrected chi connectivity index (χ0v) is 19.6. The van der Waals surface area contributed by atoms with Crippen molar-refractivity contribution in [3.05, 3.63) is 42.1 Å². The lowest BCUT2D eigenvalue weighted by molar-refractivity contribution is -0.686. The summed E-state index contributed by atoms with van der Waals surface area (Å²) in [5.74, 6) is 3.07. The van der Waals surface area contributed by atoms with Crippen LogP contribution in [0.4, 0.5) is 0 Å². The number of nitrogens with zero attached hydrogens (tertiary/aromatic N) is 2. The SMILES string of the molecule is COc1cc2c(cc1OCCN1CCOCC1)-c1cc3ccc(OC)c(OC)c3c[n+]1CC2. The van der Waals surface area contributed by atoms with E-state index in [0.29, 0.717) is 6.61 Å². The summed E-state index contributed by atoms with van der Waals surface area (Å²) in [7, 11) is 5.05. The molecule has 0 spiro atoms. The van der Waals surface area contributed by atoms with Gasteiger partial charge >= 0.3 is 0 Å². The lowest BCUT2D eigenvalue weighted by atomic mass is 9.95. The fourth-order valence-corrected chi connectivity index (χ4v) is 4.77. The van der Waals surface area contributed by atoms with Crippen LogP contribution < -0.4 is 23.5 Å². The van der Waals surface area contributed by atoms with E-state index in [-0.39, 0.29) is 0 Å². The van der Waals surface area contributed by atoms with E-state index in [1.54, 1.807) is 21.3 Å². The number of methoxy groups -OCH3 is 3. The highest BCUT2D eigenvalue weighted by atomic mass is 16.5. The number of aryl methyl sites for hydroxylation is 2. The van der Waals surface area contributed by atoms with Crippen LogP contribution in [-0.2, 0) is 17.7 Å². The molecule has 0 unspecified atom stereocenters. The van der Waals surface area contributed by atoms with Crippen LogP contribution in [0.25, 0.3) is 22.0 Å². The fraction of sp³-hybridized carbons (Fsp3) is 0.423. The Morgan fingerprint density at radius 3 is 2.52 bits per heavy atom. The van der Waals surface area contributed by atoms with E-state index in [9.17, 15) is 0 Å². The molecule has 0 bridgehead atoms. The summed E-state index contributed by atoms with van der Waals surface area (Å²) in [5.41, 5.74) is 3.61. The van der Waals surface area contributed by atoms with E-state index in [1.165, 1.54) is 11.1 Å². The molecule has 174 valence electrons. The average molecular weight is 452 g/mol. The second-order valence-corrected chi connectivity index (χ2v) is 8.37. The van der Waals surface area contributed by atoms with Crippen LogP contribution in [0.2, 0.25) is 0 Å². The minimum absolute atomic E-state index is 0.615. The molecule has 1 fully saturated rings. The maximum Gasteiger partial charge on any atom is 0.213 e. The lowest BCUT2D eigenvalue weighted by Crippen LogP contribution is -2.40. The number of rotatable bonds is 7. The van der Waals surface area contributed by atoms with Crippen LogP contribution in [0, 0.1) is 0 Å². The summed E-state index contributed by atoms with van der Waals surface area (Å²) in [6.07, 6.45) is 3.09. The first-order chi connectivity index (χ1) is 16.2. The molecule has 0 aliphatic carbocycles. The van der Waals surface area contributed by atoms with Gasteiger partial charge < -0.3 is 23.7 Å². The fourth-order valence-electron chi connectivity index (χ4n) is 4.77. The highest BCUT2D eigenvalue weighted by molar-refractivity contribution is 5.91. The summed E-state index contributed by atoms with van der Waals surface area (Å²) < 4.78 is 30.8. The quantitative estimate of drug-likeness (QED) is 0.515. The number of ether oxygens (including phenoxy) is 5. The van der Waals surface area contributed by atoms with Crippen molar-refractivity contribution >= 4 is 10.8 Å².